The van der Waals surface area contributed by atoms with E-state index in [4.69, 9.17) is 5.73 Å². The third-order valence-corrected chi connectivity index (χ3v) is 3.61. The van der Waals surface area contributed by atoms with Gasteiger partial charge in [-0.1, -0.05) is 13.8 Å². The predicted molar refractivity (Wildman–Crippen MR) is 67.5 cm³/mol. The molecule has 0 amide bonds. The van der Waals surface area contributed by atoms with Gasteiger partial charge in [0.1, 0.15) is 5.69 Å². The predicted octanol–water partition coefficient (Wildman–Crippen LogP) is 1.11. The molecule has 18 heavy (non-hydrogen) atoms. The minimum atomic E-state index is -3.67. The van der Waals surface area contributed by atoms with E-state index in [0.717, 1.165) is 18.2 Å². The number of nitrogen functional groups attached to an aromatic ring is 1. The van der Waals surface area contributed by atoms with Gasteiger partial charge in [0.25, 0.3) is 5.69 Å². The second-order valence-electron chi connectivity index (χ2n) is 4.22. The van der Waals surface area contributed by atoms with E-state index in [1.165, 1.54) is 0 Å². The molecule has 0 radical (unpaired) electrons. The third-order valence-electron chi connectivity index (χ3n) is 2.19. The maximum Gasteiger partial charge on any atom is 0.292 e. The highest BCUT2D eigenvalue weighted by Crippen LogP contribution is 2.24. The Morgan fingerprint density at radius 3 is 2.50 bits per heavy atom. The molecule has 0 aliphatic rings. The van der Waals surface area contributed by atoms with Gasteiger partial charge in [0.2, 0.25) is 10.0 Å². The molecule has 0 unspecified atom stereocenters. The standard InChI is InChI=1S/C10H15N3O4S/c1-7(2)6-12-18(16,17)8-3-4-10(13(14)15)9(11)5-8/h3-5,7,12H,6,11H2,1-2H3. The Morgan fingerprint density at radius 2 is 2.06 bits per heavy atom. The third kappa shape index (κ3) is 3.41. The van der Waals surface area contributed by atoms with E-state index in [2.05, 4.69) is 4.72 Å². The highest BCUT2D eigenvalue weighted by Gasteiger charge is 2.18. The lowest BCUT2D eigenvalue weighted by Gasteiger charge is -2.09. The van der Waals surface area contributed by atoms with E-state index in [9.17, 15) is 18.5 Å². The Hall–Kier alpha value is -1.67. The number of nitro groups is 1. The number of anilines is 1. The lowest BCUT2D eigenvalue weighted by atomic mass is 10.2. The number of hydrogen-bond acceptors (Lipinski definition) is 5. The Kier molecular flexibility index (Phi) is 4.25. The van der Waals surface area contributed by atoms with Gasteiger partial charge in [0.15, 0.2) is 0 Å². The van der Waals surface area contributed by atoms with Gasteiger partial charge >= 0.3 is 0 Å². The van der Waals surface area contributed by atoms with E-state index in [1.807, 2.05) is 13.8 Å². The van der Waals surface area contributed by atoms with E-state index < -0.39 is 14.9 Å². The fraction of sp³-hybridized carbons (Fsp3) is 0.400. The van der Waals surface area contributed by atoms with Crippen molar-refractivity contribution in [3.8, 4) is 0 Å². The van der Waals surface area contributed by atoms with Crippen molar-refractivity contribution >= 4 is 21.4 Å². The average Bonchev–Trinajstić information content (AvgIpc) is 2.26. The van der Waals surface area contributed by atoms with Crippen molar-refractivity contribution < 1.29 is 13.3 Å². The van der Waals surface area contributed by atoms with Gasteiger partial charge in [-0.05, 0) is 18.1 Å². The Bertz CT molecular complexity index is 554. The molecule has 0 spiro atoms. The van der Waals surface area contributed by atoms with Crippen molar-refractivity contribution in [2.45, 2.75) is 18.7 Å². The summed E-state index contributed by atoms with van der Waals surface area (Å²) in [6, 6.07) is 3.33. The smallest absolute Gasteiger partial charge is 0.292 e. The number of nitrogens with zero attached hydrogens (tertiary/aromatic N) is 1. The molecule has 8 heteroatoms. The highest BCUT2D eigenvalue weighted by atomic mass is 32.2. The van der Waals surface area contributed by atoms with Crippen LogP contribution in [0, 0.1) is 16.0 Å². The van der Waals surface area contributed by atoms with E-state index >= 15 is 0 Å². The maximum atomic E-state index is 11.8. The SMILES string of the molecule is CC(C)CNS(=O)(=O)c1ccc([N+](=O)[O-])c(N)c1. The zero-order valence-electron chi connectivity index (χ0n) is 10.1. The van der Waals surface area contributed by atoms with E-state index in [0.29, 0.717) is 6.54 Å². The Morgan fingerprint density at radius 1 is 1.44 bits per heavy atom. The number of hydrogen-bond donors (Lipinski definition) is 2. The minimum absolute atomic E-state index is 0.0775. The second-order valence-corrected chi connectivity index (χ2v) is 5.99. The molecule has 100 valence electrons. The first-order valence-electron chi connectivity index (χ1n) is 5.27. The maximum absolute atomic E-state index is 11.8. The first-order valence-corrected chi connectivity index (χ1v) is 6.76. The summed E-state index contributed by atoms with van der Waals surface area (Å²) in [5, 5.41) is 10.6. The van der Waals surface area contributed by atoms with Crippen molar-refractivity contribution in [3.05, 3.63) is 28.3 Å². The lowest BCUT2D eigenvalue weighted by molar-refractivity contribution is -0.383. The molecular weight excluding hydrogens is 258 g/mol. The largest absolute Gasteiger partial charge is 0.393 e. The summed E-state index contributed by atoms with van der Waals surface area (Å²) in [6.07, 6.45) is 0. The molecule has 0 fully saturated rings. The zero-order chi connectivity index (χ0) is 13.9. The van der Waals surface area contributed by atoms with Gasteiger partial charge in [0.05, 0.1) is 9.82 Å². The topological polar surface area (TPSA) is 115 Å². The molecule has 0 bridgehead atoms. The highest BCUT2D eigenvalue weighted by molar-refractivity contribution is 7.89. The summed E-state index contributed by atoms with van der Waals surface area (Å²) in [5.74, 6) is 0.162. The van der Waals surface area contributed by atoms with Crippen molar-refractivity contribution in [2.24, 2.45) is 5.92 Å². The molecule has 0 aliphatic carbocycles. The Labute approximate surface area is 105 Å². The number of rotatable bonds is 5. The number of sulfonamides is 1. The van der Waals surface area contributed by atoms with Crippen molar-refractivity contribution in [3.63, 3.8) is 0 Å². The van der Waals surface area contributed by atoms with Crippen LogP contribution in [0.15, 0.2) is 23.1 Å². The zero-order valence-corrected chi connectivity index (χ0v) is 10.9. The fourth-order valence-corrected chi connectivity index (χ4v) is 2.47. The molecule has 0 aliphatic heterocycles. The van der Waals surface area contributed by atoms with Gasteiger partial charge in [-0.15, -0.1) is 0 Å². The molecule has 1 aromatic rings. The first-order chi connectivity index (χ1) is 8.24. The normalized spacial score (nSPS) is 11.7. The quantitative estimate of drug-likeness (QED) is 0.473. The molecule has 0 saturated carbocycles. The number of nitrogens with one attached hydrogen (secondary N) is 1. The van der Waals surface area contributed by atoms with Crippen LogP contribution in [0.25, 0.3) is 0 Å². The molecule has 1 rings (SSSR count). The number of nitro benzene ring substituents is 1. The Balaban J connectivity index is 3.04. The van der Waals surface area contributed by atoms with Gasteiger partial charge in [-0.2, -0.15) is 0 Å². The van der Waals surface area contributed by atoms with Crippen LogP contribution in [0.4, 0.5) is 11.4 Å². The lowest BCUT2D eigenvalue weighted by Crippen LogP contribution is -2.27. The summed E-state index contributed by atoms with van der Waals surface area (Å²) >= 11 is 0. The average molecular weight is 273 g/mol. The van der Waals surface area contributed by atoms with E-state index in [1.54, 1.807) is 0 Å². The molecule has 0 heterocycles. The molecule has 7 nitrogen and oxygen atoms in total. The van der Waals surface area contributed by atoms with Crippen molar-refractivity contribution in [1.82, 2.24) is 4.72 Å². The fourth-order valence-electron chi connectivity index (χ4n) is 1.23. The number of benzene rings is 1. The monoisotopic (exact) mass is 273 g/mol. The van der Waals surface area contributed by atoms with Gasteiger partial charge in [0, 0.05) is 12.6 Å². The molecular formula is C10H15N3O4S. The van der Waals surface area contributed by atoms with Crippen LogP contribution < -0.4 is 10.5 Å². The number of nitrogens with two attached hydrogens (primary N) is 1. The van der Waals surface area contributed by atoms with Gasteiger partial charge < -0.3 is 5.73 Å². The van der Waals surface area contributed by atoms with Crippen LogP contribution in [-0.4, -0.2) is 19.9 Å². The van der Waals surface area contributed by atoms with Crippen molar-refractivity contribution in [2.75, 3.05) is 12.3 Å². The summed E-state index contributed by atoms with van der Waals surface area (Å²) in [4.78, 5) is 9.82. The van der Waals surface area contributed by atoms with Crippen LogP contribution in [0.5, 0.6) is 0 Å². The van der Waals surface area contributed by atoms with Gasteiger partial charge in [-0.25, -0.2) is 13.1 Å². The van der Waals surface area contributed by atoms with Crippen molar-refractivity contribution in [1.29, 1.82) is 0 Å². The molecule has 0 aromatic heterocycles. The van der Waals surface area contributed by atoms with Crippen LogP contribution in [0.3, 0.4) is 0 Å². The summed E-state index contributed by atoms with van der Waals surface area (Å²) in [6.45, 7) is 4.03. The molecule has 3 N–H and O–H groups in total. The molecule has 0 saturated heterocycles. The summed E-state index contributed by atoms with van der Waals surface area (Å²) in [7, 11) is -3.67. The van der Waals surface area contributed by atoms with Crippen LogP contribution in [-0.2, 0) is 10.0 Å². The van der Waals surface area contributed by atoms with E-state index in [-0.39, 0.29) is 22.2 Å². The van der Waals surface area contributed by atoms with Crippen LogP contribution >= 0.6 is 0 Å². The summed E-state index contributed by atoms with van der Waals surface area (Å²) < 4.78 is 26.1. The van der Waals surface area contributed by atoms with Crippen LogP contribution in [0.2, 0.25) is 0 Å². The van der Waals surface area contributed by atoms with Crippen LogP contribution in [0.1, 0.15) is 13.8 Å². The molecule has 0 atom stereocenters. The second kappa shape index (κ2) is 5.32. The minimum Gasteiger partial charge on any atom is -0.393 e. The molecule has 1 aromatic carbocycles. The van der Waals surface area contributed by atoms with Gasteiger partial charge in [-0.3, -0.25) is 10.1 Å². The first kappa shape index (κ1) is 14.4. The summed E-state index contributed by atoms with van der Waals surface area (Å²) in [5.41, 5.74) is 4.96.